The molecule has 1 N–H and O–H groups in total. The number of rotatable bonds is 10. The second-order valence-corrected chi connectivity index (χ2v) is 10.1. The maximum Gasteiger partial charge on any atom is 0.303 e. The average Bonchev–Trinajstić information content (AvgIpc) is 2.96. The normalized spacial score (nSPS) is 17.1. The van der Waals surface area contributed by atoms with Gasteiger partial charge < -0.3 is 24.4 Å². The molecule has 0 aliphatic carbocycles. The summed E-state index contributed by atoms with van der Waals surface area (Å²) in [6, 6.07) is 19.8. The van der Waals surface area contributed by atoms with Crippen LogP contribution in [0.25, 0.3) is 11.3 Å². The van der Waals surface area contributed by atoms with E-state index in [1.807, 2.05) is 35.2 Å². The minimum absolute atomic E-state index is 0.0101. The molecule has 2 aromatic carbocycles. The first-order chi connectivity index (χ1) is 18.8. The molecular weight excluding hydrogens is 494 g/mol. The Morgan fingerprint density at radius 1 is 0.923 bits per heavy atom. The standard InChI is InChI=1S/C31H37N3O5/c1-21-20-34(22(2)19-33(21)25-15-12-23(13-16-25)8-5-6-11-30(35)36)31(37)27-10-7-9-26(32-27)24-14-17-28(38-3)29(18-24)39-4/h7,9-10,12-18,21-22H,5-6,8,11,19-20H2,1-4H3,(H,35,36)/t21-,22+/m0/s1. The molecule has 1 fully saturated rings. The van der Waals surface area contributed by atoms with E-state index in [0.717, 1.165) is 30.6 Å². The van der Waals surface area contributed by atoms with Crippen LogP contribution < -0.4 is 14.4 Å². The zero-order valence-corrected chi connectivity index (χ0v) is 23.1. The SMILES string of the molecule is COc1ccc(-c2cccc(C(=O)N3C[C@H](C)N(c4ccc(CCCCC(=O)O)cc4)C[C@H]3C)n2)cc1OC. The van der Waals surface area contributed by atoms with Crippen LogP contribution >= 0.6 is 0 Å². The zero-order chi connectivity index (χ0) is 27.9. The van der Waals surface area contributed by atoms with Crippen LogP contribution in [0, 0.1) is 0 Å². The Morgan fingerprint density at radius 2 is 1.67 bits per heavy atom. The number of carbonyl (C=O) groups is 2. The number of aromatic nitrogens is 1. The number of aryl methyl sites for hydroxylation is 1. The average molecular weight is 532 g/mol. The van der Waals surface area contributed by atoms with Gasteiger partial charge in [-0.25, -0.2) is 4.98 Å². The molecule has 206 valence electrons. The number of carboxylic acid groups (broad SMARTS) is 1. The molecule has 2 heterocycles. The molecule has 39 heavy (non-hydrogen) atoms. The lowest BCUT2D eigenvalue weighted by molar-refractivity contribution is -0.137. The van der Waals surface area contributed by atoms with Gasteiger partial charge >= 0.3 is 5.97 Å². The quantitative estimate of drug-likeness (QED) is 0.355. The third-order valence-corrected chi connectivity index (χ3v) is 7.27. The molecular formula is C31H37N3O5. The molecule has 8 nitrogen and oxygen atoms in total. The van der Waals surface area contributed by atoms with E-state index in [1.54, 1.807) is 20.3 Å². The van der Waals surface area contributed by atoms with Crippen LogP contribution in [0.15, 0.2) is 60.7 Å². The Morgan fingerprint density at radius 3 is 2.36 bits per heavy atom. The Labute approximate surface area is 230 Å². The third-order valence-electron chi connectivity index (χ3n) is 7.27. The van der Waals surface area contributed by atoms with Crippen LogP contribution in [0.3, 0.4) is 0 Å². The highest BCUT2D eigenvalue weighted by Crippen LogP contribution is 2.32. The summed E-state index contributed by atoms with van der Waals surface area (Å²) in [6.07, 6.45) is 2.64. The second kappa shape index (κ2) is 12.7. The van der Waals surface area contributed by atoms with Crippen LogP contribution in [0.1, 0.15) is 49.2 Å². The van der Waals surface area contributed by atoms with Crippen molar-refractivity contribution >= 4 is 17.6 Å². The van der Waals surface area contributed by atoms with Gasteiger partial charge in [0.2, 0.25) is 0 Å². The first-order valence-electron chi connectivity index (χ1n) is 13.4. The smallest absolute Gasteiger partial charge is 0.303 e. The Balaban J connectivity index is 1.42. The number of piperazine rings is 1. The van der Waals surface area contributed by atoms with Crippen LogP contribution in [0.2, 0.25) is 0 Å². The number of aliphatic carboxylic acids is 1. The van der Waals surface area contributed by atoms with Crippen molar-refractivity contribution in [1.82, 2.24) is 9.88 Å². The first-order valence-corrected chi connectivity index (χ1v) is 13.4. The lowest BCUT2D eigenvalue weighted by Gasteiger charge is -2.45. The Kier molecular flexibility index (Phi) is 9.07. The highest BCUT2D eigenvalue weighted by molar-refractivity contribution is 5.93. The zero-order valence-electron chi connectivity index (χ0n) is 23.1. The van der Waals surface area contributed by atoms with Gasteiger partial charge in [-0.05, 0) is 81.1 Å². The molecule has 0 bridgehead atoms. The summed E-state index contributed by atoms with van der Waals surface area (Å²) in [5.74, 6) is 0.429. The summed E-state index contributed by atoms with van der Waals surface area (Å²) in [4.78, 5) is 33.2. The minimum atomic E-state index is -0.743. The molecule has 1 amide bonds. The number of amides is 1. The van der Waals surface area contributed by atoms with E-state index in [-0.39, 0.29) is 24.4 Å². The predicted octanol–water partition coefficient (Wildman–Crippen LogP) is 5.30. The van der Waals surface area contributed by atoms with E-state index >= 15 is 0 Å². The van der Waals surface area contributed by atoms with E-state index in [4.69, 9.17) is 19.6 Å². The molecule has 3 aromatic rings. The summed E-state index contributed by atoms with van der Waals surface area (Å²) >= 11 is 0. The number of carbonyl (C=O) groups excluding carboxylic acids is 1. The number of hydrogen-bond acceptors (Lipinski definition) is 6. The van der Waals surface area contributed by atoms with Crippen molar-refractivity contribution in [2.45, 2.75) is 51.6 Å². The molecule has 0 unspecified atom stereocenters. The summed E-state index contributed by atoms with van der Waals surface area (Å²) in [7, 11) is 3.19. The number of benzene rings is 2. The molecule has 1 aromatic heterocycles. The van der Waals surface area contributed by atoms with Crippen molar-refractivity contribution in [2.24, 2.45) is 0 Å². The number of unbranched alkanes of at least 4 members (excludes halogenated alkanes) is 1. The van der Waals surface area contributed by atoms with E-state index < -0.39 is 5.97 Å². The van der Waals surface area contributed by atoms with E-state index in [9.17, 15) is 9.59 Å². The van der Waals surface area contributed by atoms with Gasteiger partial charge in [0.15, 0.2) is 11.5 Å². The molecule has 0 saturated carbocycles. The van der Waals surface area contributed by atoms with E-state index in [2.05, 4.69) is 43.0 Å². The van der Waals surface area contributed by atoms with Gasteiger partial charge in [0.25, 0.3) is 5.91 Å². The van der Waals surface area contributed by atoms with Crippen molar-refractivity contribution in [3.8, 4) is 22.8 Å². The molecule has 1 aliphatic rings. The van der Waals surface area contributed by atoms with Crippen LogP contribution in [-0.2, 0) is 11.2 Å². The Hall–Kier alpha value is -4.07. The van der Waals surface area contributed by atoms with Gasteiger partial charge in [0.1, 0.15) is 5.69 Å². The molecule has 4 rings (SSSR count). The summed E-state index contributed by atoms with van der Waals surface area (Å²) < 4.78 is 10.8. The van der Waals surface area contributed by atoms with Gasteiger partial charge in [-0.3, -0.25) is 9.59 Å². The highest BCUT2D eigenvalue weighted by atomic mass is 16.5. The summed E-state index contributed by atoms with van der Waals surface area (Å²) in [5.41, 5.74) is 4.30. The third kappa shape index (κ3) is 6.69. The van der Waals surface area contributed by atoms with Gasteiger partial charge in [0, 0.05) is 42.8 Å². The van der Waals surface area contributed by atoms with E-state index in [0.29, 0.717) is 35.9 Å². The van der Waals surface area contributed by atoms with Crippen molar-refractivity contribution in [3.63, 3.8) is 0 Å². The van der Waals surface area contributed by atoms with Gasteiger partial charge in [0.05, 0.1) is 19.9 Å². The predicted molar refractivity (Wildman–Crippen MR) is 152 cm³/mol. The van der Waals surface area contributed by atoms with Crippen LogP contribution in [0.4, 0.5) is 5.69 Å². The second-order valence-electron chi connectivity index (χ2n) is 10.1. The molecule has 2 atom stereocenters. The summed E-state index contributed by atoms with van der Waals surface area (Å²) in [6.45, 7) is 5.53. The largest absolute Gasteiger partial charge is 0.493 e. The highest BCUT2D eigenvalue weighted by Gasteiger charge is 2.33. The number of hydrogen-bond donors (Lipinski definition) is 1. The maximum absolute atomic E-state index is 13.6. The number of ether oxygens (including phenoxy) is 2. The Bertz CT molecular complexity index is 1290. The monoisotopic (exact) mass is 531 g/mol. The summed E-state index contributed by atoms with van der Waals surface area (Å²) in [5, 5.41) is 8.81. The van der Waals surface area contributed by atoms with Crippen molar-refractivity contribution in [1.29, 1.82) is 0 Å². The van der Waals surface area contributed by atoms with Gasteiger partial charge in [-0.2, -0.15) is 0 Å². The van der Waals surface area contributed by atoms with Gasteiger partial charge in [-0.15, -0.1) is 0 Å². The molecule has 0 spiro atoms. The fourth-order valence-electron chi connectivity index (χ4n) is 5.09. The fraction of sp³-hybridized carbons (Fsp3) is 0.387. The van der Waals surface area contributed by atoms with E-state index in [1.165, 1.54) is 5.56 Å². The number of pyridine rings is 1. The lowest BCUT2D eigenvalue weighted by atomic mass is 10.0. The fourth-order valence-corrected chi connectivity index (χ4v) is 5.09. The van der Waals surface area contributed by atoms with Crippen LogP contribution in [0.5, 0.6) is 11.5 Å². The number of carboxylic acids is 1. The lowest BCUT2D eigenvalue weighted by Crippen LogP contribution is -2.58. The topological polar surface area (TPSA) is 92.2 Å². The molecule has 8 heteroatoms. The molecule has 0 radical (unpaired) electrons. The van der Waals surface area contributed by atoms with Crippen molar-refractivity contribution in [3.05, 3.63) is 71.9 Å². The van der Waals surface area contributed by atoms with Crippen molar-refractivity contribution in [2.75, 3.05) is 32.2 Å². The maximum atomic E-state index is 13.6. The number of anilines is 1. The molecule has 1 saturated heterocycles. The van der Waals surface area contributed by atoms with Gasteiger partial charge in [-0.1, -0.05) is 18.2 Å². The number of nitrogens with zero attached hydrogens (tertiary/aromatic N) is 3. The first kappa shape index (κ1) is 28.0. The van der Waals surface area contributed by atoms with Crippen LogP contribution in [-0.4, -0.2) is 66.3 Å². The molecule has 1 aliphatic heterocycles. The van der Waals surface area contributed by atoms with Crippen molar-refractivity contribution < 1.29 is 24.2 Å². The number of methoxy groups -OCH3 is 2. The minimum Gasteiger partial charge on any atom is -0.493 e.